The number of benzene rings is 3. The van der Waals surface area contributed by atoms with E-state index in [4.69, 9.17) is 21.4 Å². The van der Waals surface area contributed by atoms with Crippen LogP contribution in [0, 0.1) is 0 Å². The number of imide groups is 1. The number of likely N-dealkylation sites (tertiary alicyclic amines) is 1. The number of ether oxygens (including phenoxy) is 1. The Balaban J connectivity index is 0.844. The third kappa shape index (κ3) is 9.61. The summed E-state index contributed by atoms with van der Waals surface area (Å²) >= 11 is 7.36. The lowest BCUT2D eigenvalue weighted by Gasteiger charge is -2.33. The van der Waals surface area contributed by atoms with Crippen LogP contribution in [0.1, 0.15) is 71.3 Å². The lowest BCUT2D eigenvalue weighted by Crippen LogP contribution is -2.44. The third-order valence-electron chi connectivity index (χ3n) is 12.1. The molecule has 5 N–H and O–H groups in total. The normalized spacial score (nSPS) is 17.8. The summed E-state index contributed by atoms with van der Waals surface area (Å²) in [7, 11) is -2.04. The Kier molecular flexibility index (Phi) is 13.1. The zero-order valence-electron chi connectivity index (χ0n) is 35.1. The molecule has 0 saturated carbocycles. The van der Waals surface area contributed by atoms with Gasteiger partial charge in [0, 0.05) is 57.1 Å². The summed E-state index contributed by atoms with van der Waals surface area (Å²) in [6.07, 6.45) is 2.71. The van der Waals surface area contributed by atoms with Crippen molar-refractivity contribution in [3.8, 4) is 16.2 Å². The van der Waals surface area contributed by atoms with Gasteiger partial charge in [0.25, 0.3) is 0 Å². The van der Waals surface area contributed by atoms with Crippen LogP contribution in [0.3, 0.4) is 0 Å². The number of anilines is 2. The largest absolute Gasteiger partial charge is 0.479 e. The molecule has 3 aliphatic rings. The number of para-hydroxylation sites is 1. The molecule has 2 aromatic heterocycles. The van der Waals surface area contributed by atoms with Gasteiger partial charge in [-0.05, 0) is 85.0 Å². The standard InChI is InChI=1S/C44H46ClN7O11S2/c1-49-37-31(9-4-10-32(37)52(44(49)60)33-11-12-34(53)48-41(33)56)26-13-17-50(18-14-26)43(59)47-29-7-2-5-25(21-29)24-65(61,62)51-19-15-28(16-20-51)46-30-8-3-6-27(22-30)39-36(45)38(63-23-35(54)55)40(64-39)42(57)58/h2-10,21-22,26,28,33,46H,11-20,23-24H2,1H3,(H,47,59)(H,54,55)(H,57,58)(H,48,53,56)/t33-/m0/s1. The van der Waals surface area contributed by atoms with Crippen LogP contribution in [0.25, 0.3) is 21.5 Å². The number of carbonyl (C=O) groups excluding carboxylic acids is 3. The number of nitrogens with zero attached hydrogens (tertiary/aromatic N) is 4. The predicted molar refractivity (Wildman–Crippen MR) is 243 cm³/mol. The van der Waals surface area contributed by atoms with Crippen LogP contribution in [0.4, 0.5) is 16.2 Å². The number of thiophene rings is 1. The molecular formula is C44H46ClN7O11S2. The van der Waals surface area contributed by atoms with E-state index in [1.165, 1.54) is 8.87 Å². The van der Waals surface area contributed by atoms with Gasteiger partial charge in [-0.2, -0.15) is 0 Å². The highest BCUT2D eigenvalue weighted by molar-refractivity contribution is 7.88. The number of hydrogen-bond donors (Lipinski definition) is 5. The quantitative estimate of drug-likeness (QED) is 0.0897. The minimum Gasteiger partial charge on any atom is -0.479 e. The Bertz CT molecular complexity index is 2880. The minimum absolute atomic E-state index is 0.00132. The first kappa shape index (κ1) is 45.4. The van der Waals surface area contributed by atoms with Crippen molar-refractivity contribution in [1.82, 2.24) is 23.7 Å². The average molecular weight is 948 g/mol. The highest BCUT2D eigenvalue weighted by Crippen LogP contribution is 2.46. The maximum atomic E-state index is 13.6. The number of sulfonamides is 1. The SMILES string of the molecule is Cn1c(=O)n([C@H]2CCC(=O)NC2=O)c2cccc(C3CCN(C(=O)Nc4cccc(CS(=O)(=O)N5CCC(Nc6cccc(-c7sc(C(=O)O)c(OCC(=O)O)c7Cl)c6)CC5)c4)CC3)c21. The molecule has 4 amide bonds. The van der Waals surface area contributed by atoms with Crippen LogP contribution in [-0.2, 0) is 37.2 Å². The van der Waals surface area contributed by atoms with Gasteiger partial charge in [-0.3, -0.25) is 24.0 Å². The number of fused-ring (bicyclic) bond motifs is 1. The molecule has 0 aliphatic carbocycles. The number of imidazole rings is 1. The van der Waals surface area contributed by atoms with Crippen LogP contribution in [0.5, 0.6) is 5.75 Å². The Hall–Kier alpha value is -6.22. The van der Waals surface area contributed by atoms with Crippen molar-refractivity contribution in [3.63, 3.8) is 0 Å². The van der Waals surface area contributed by atoms with Gasteiger partial charge in [-0.1, -0.05) is 48.0 Å². The second-order valence-electron chi connectivity index (χ2n) is 16.3. The van der Waals surface area contributed by atoms with Crippen molar-refractivity contribution in [3.05, 3.63) is 98.2 Å². The van der Waals surface area contributed by atoms with Gasteiger partial charge in [0.1, 0.15) is 11.1 Å². The lowest BCUT2D eigenvalue weighted by atomic mass is 9.88. The first-order valence-electron chi connectivity index (χ1n) is 21.0. The van der Waals surface area contributed by atoms with E-state index in [1.807, 2.05) is 24.3 Å². The molecule has 0 radical (unpaired) electrons. The molecule has 3 aliphatic heterocycles. The molecule has 18 nitrogen and oxygen atoms in total. The predicted octanol–water partition coefficient (Wildman–Crippen LogP) is 5.68. The number of rotatable bonds is 13. The van der Waals surface area contributed by atoms with Gasteiger partial charge in [0.2, 0.25) is 21.8 Å². The average Bonchev–Trinajstić information content (AvgIpc) is 3.74. The fourth-order valence-corrected chi connectivity index (χ4v) is 11.9. The number of carboxylic acid groups (broad SMARTS) is 2. The number of aromatic carboxylic acids is 1. The topological polar surface area (TPSA) is 239 Å². The summed E-state index contributed by atoms with van der Waals surface area (Å²) in [4.78, 5) is 76.2. The van der Waals surface area contributed by atoms with E-state index in [0.717, 1.165) is 22.4 Å². The summed E-state index contributed by atoms with van der Waals surface area (Å²) < 4.78 is 37.0. The second-order valence-corrected chi connectivity index (χ2v) is 19.7. The molecule has 1 atom stereocenters. The summed E-state index contributed by atoms with van der Waals surface area (Å²) in [6.45, 7) is 0.710. The molecule has 65 heavy (non-hydrogen) atoms. The molecule has 342 valence electrons. The molecule has 3 aromatic carbocycles. The van der Waals surface area contributed by atoms with Crippen molar-refractivity contribution in [2.75, 3.05) is 43.4 Å². The van der Waals surface area contributed by atoms with Crippen molar-refractivity contribution in [2.45, 2.75) is 62.3 Å². The summed E-state index contributed by atoms with van der Waals surface area (Å²) in [5.74, 6) is -3.83. The number of hydrogen-bond acceptors (Lipinski definition) is 11. The van der Waals surface area contributed by atoms with Gasteiger partial charge in [-0.15, -0.1) is 11.3 Å². The number of urea groups is 1. The molecule has 3 saturated heterocycles. The lowest BCUT2D eigenvalue weighted by molar-refractivity contribution is -0.139. The summed E-state index contributed by atoms with van der Waals surface area (Å²) in [6, 6.07) is 18.4. The summed E-state index contributed by atoms with van der Waals surface area (Å²) in [5.41, 5.74) is 4.28. The number of piperidine rings is 3. The van der Waals surface area contributed by atoms with Gasteiger partial charge in [0.15, 0.2) is 17.2 Å². The van der Waals surface area contributed by atoms with Crippen LogP contribution in [-0.4, -0.2) is 106 Å². The molecule has 3 fully saturated rings. The molecule has 8 rings (SSSR count). The molecule has 5 heterocycles. The third-order valence-corrected chi connectivity index (χ3v) is 15.6. The van der Waals surface area contributed by atoms with Crippen LogP contribution < -0.4 is 26.4 Å². The summed E-state index contributed by atoms with van der Waals surface area (Å²) in [5, 5.41) is 27.4. The number of aromatic nitrogens is 2. The maximum Gasteiger partial charge on any atom is 0.349 e. The Morgan fingerprint density at radius 3 is 2.32 bits per heavy atom. The van der Waals surface area contributed by atoms with Crippen molar-refractivity contribution in [1.29, 1.82) is 0 Å². The van der Waals surface area contributed by atoms with Crippen molar-refractivity contribution < 1.29 is 47.3 Å². The number of amides is 4. The van der Waals surface area contributed by atoms with E-state index >= 15 is 0 Å². The van der Waals surface area contributed by atoms with Gasteiger partial charge in [-0.25, -0.2) is 31.9 Å². The number of aryl methyl sites for hydroxylation is 1. The van der Waals surface area contributed by atoms with Gasteiger partial charge >= 0.3 is 23.7 Å². The molecule has 0 bridgehead atoms. The molecule has 21 heteroatoms. The smallest absolute Gasteiger partial charge is 0.349 e. The molecule has 0 spiro atoms. The number of halogens is 1. The van der Waals surface area contributed by atoms with Crippen molar-refractivity contribution in [2.24, 2.45) is 7.05 Å². The van der Waals surface area contributed by atoms with E-state index in [9.17, 15) is 42.3 Å². The second kappa shape index (κ2) is 18.7. The van der Waals surface area contributed by atoms with E-state index in [0.29, 0.717) is 71.7 Å². The van der Waals surface area contributed by atoms with Crippen LogP contribution in [0.15, 0.2) is 71.5 Å². The molecular weight excluding hydrogens is 902 g/mol. The van der Waals surface area contributed by atoms with Crippen LogP contribution in [0.2, 0.25) is 5.02 Å². The van der Waals surface area contributed by atoms with Gasteiger partial charge < -0.3 is 30.5 Å². The Morgan fingerprint density at radius 1 is 0.908 bits per heavy atom. The van der Waals surface area contributed by atoms with Crippen LogP contribution >= 0.6 is 22.9 Å². The zero-order valence-corrected chi connectivity index (χ0v) is 37.5. The van der Waals surface area contributed by atoms with E-state index in [1.54, 1.807) is 59.0 Å². The maximum absolute atomic E-state index is 13.6. The molecule has 0 unspecified atom stereocenters. The first-order valence-corrected chi connectivity index (χ1v) is 23.8. The minimum atomic E-state index is -3.71. The van der Waals surface area contributed by atoms with Gasteiger partial charge in [0.05, 0.1) is 21.7 Å². The fraction of sp³-hybridized carbons (Fsp3) is 0.364. The first-order chi connectivity index (χ1) is 31.1. The number of carbonyl (C=O) groups is 5. The zero-order chi connectivity index (χ0) is 46.2. The number of aliphatic carboxylic acids is 1. The fourth-order valence-electron chi connectivity index (χ4n) is 8.91. The Morgan fingerprint density at radius 2 is 1.62 bits per heavy atom. The highest BCUT2D eigenvalue weighted by Gasteiger charge is 2.34. The molecule has 5 aromatic rings. The Labute approximate surface area is 381 Å². The number of carboxylic acids is 2. The number of nitrogens with one attached hydrogen (secondary N) is 3. The van der Waals surface area contributed by atoms with E-state index in [-0.39, 0.29) is 76.9 Å². The monoisotopic (exact) mass is 947 g/mol. The highest BCUT2D eigenvalue weighted by atomic mass is 35.5. The van der Waals surface area contributed by atoms with E-state index in [2.05, 4.69) is 16.0 Å². The van der Waals surface area contributed by atoms with E-state index < -0.39 is 40.5 Å². The van der Waals surface area contributed by atoms with Crippen molar-refractivity contribution >= 4 is 85.2 Å².